The van der Waals surface area contributed by atoms with Gasteiger partial charge in [0.25, 0.3) is 0 Å². The highest BCUT2D eigenvalue weighted by atomic mass is 16.5. The molecule has 1 N–H and O–H groups in total. The van der Waals surface area contributed by atoms with Gasteiger partial charge in [-0.15, -0.1) is 0 Å². The van der Waals surface area contributed by atoms with Crippen LogP contribution in [0.15, 0.2) is 12.1 Å². The van der Waals surface area contributed by atoms with Gasteiger partial charge < -0.3 is 10.1 Å². The fraction of sp³-hybridized carbons (Fsp3) is 0.667. The minimum Gasteiger partial charge on any atom is -0.378 e. The van der Waals surface area contributed by atoms with Crippen LogP contribution in [-0.2, 0) is 4.74 Å². The van der Waals surface area contributed by atoms with Gasteiger partial charge in [-0.25, -0.2) is 0 Å². The molecule has 1 aliphatic heterocycles. The molecule has 112 valence electrons. The van der Waals surface area contributed by atoms with Crippen LogP contribution in [-0.4, -0.2) is 19.3 Å². The first-order valence-corrected chi connectivity index (χ1v) is 7.97. The Labute approximate surface area is 123 Å². The molecule has 3 unspecified atom stereocenters. The summed E-state index contributed by atoms with van der Waals surface area (Å²) in [6.07, 6.45) is 2.68. The quantitative estimate of drug-likeness (QED) is 0.874. The highest BCUT2D eigenvalue weighted by molar-refractivity contribution is 5.40. The molecule has 0 bridgehead atoms. The summed E-state index contributed by atoms with van der Waals surface area (Å²) < 4.78 is 5.81. The lowest BCUT2D eigenvalue weighted by Crippen LogP contribution is -2.33. The SMILES string of the molecule is CCCNC(c1c(C)cc(C)cc1C)C1CCOC1C. The molecular formula is C18H29NO. The van der Waals surface area contributed by atoms with E-state index in [1.807, 2.05) is 0 Å². The minimum absolute atomic E-state index is 0.351. The first kappa shape index (κ1) is 15.5. The minimum atomic E-state index is 0.351. The number of aryl methyl sites for hydroxylation is 3. The summed E-state index contributed by atoms with van der Waals surface area (Å²) in [4.78, 5) is 0. The normalized spacial score (nSPS) is 24.1. The zero-order valence-corrected chi connectivity index (χ0v) is 13.6. The van der Waals surface area contributed by atoms with Crippen LogP contribution in [0.1, 0.15) is 55.0 Å². The van der Waals surface area contributed by atoms with Gasteiger partial charge in [0.1, 0.15) is 0 Å². The van der Waals surface area contributed by atoms with Crippen LogP contribution in [0.5, 0.6) is 0 Å². The molecule has 0 amide bonds. The molecule has 1 heterocycles. The largest absolute Gasteiger partial charge is 0.378 e. The zero-order valence-electron chi connectivity index (χ0n) is 13.6. The van der Waals surface area contributed by atoms with Crippen LogP contribution in [0.4, 0.5) is 0 Å². The number of ether oxygens (including phenoxy) is 1. The van der Waals surface area contributed by atoms with Gasteiger partial charge in [0, 0.05) is 18.6 Å². The van der Waals surface area contributed by atoms with Crippen molar-refractivity contribution in [1.29, 1.82) is 0 Å². The molecule has 20 heavy (non-hydrogen) atoms. The first-order chi connectivity index (χ1) is 9.54. The second kappa shape index (κ2) is 6.73. The average molecular weight is 275 g/mol. The fourth-order valence-electron chi connectivity index (χ4n) is 3.64. The van der Waals surface area contributed by atoms with Crippen molar-refractivity contribution in [3.63, 3.8) is 0 Å². The summed E-state index contributed by atoms with van der Waals surface area (Å²) in [5.74, 6) is 0.585. The maximum Gasteiger partial charge on any atom is 0.0594 e. The van der Waals surface area contributed by atoms with Crippen molar-refractivity contribution in [3.05, 3.63) is 34.4 Å². The molecule has 3 atom stereocenters. The molecule has 1 aromatic rings. The summed E-state index contributed by atoms with van der Waals surface area (Å²) >= 11 is 0. The Morgan fingerprint density at radius 2 is 1.90 bits per heavy atom. The van der Waals surface area contributed by atoms with E-state index in [0.717, 1.165) is 19.6 Å². The molecule has 0 aliphatic carbocycles. The van der Waals surface area contributed by atoms with Crippen molar-refractivity contribution in [3.8, 4) is 0 Å². The number of hydrogen-bond donors (Lipinski definition) is 1. The first-order valence-electron chi connectivity index (χ1n) is 7.97. The van der Waals surface area contributed by atoms with Crippen LogP contribution in [0, 0.1) is 26.7 Å². The van der Waals surface area contributed by atoms with Gasteiger partial charge in [0.2, 0.25) is 0 Å². The van der Waals surface area contributed by atoms with E-state index >= 15 is 0 Å². The molecule has 1 aliphatic rings. The summed E-state index contributed by atoms with van der Waals surface area (Å²) in [5.41, 5.74) is 5.67. The number of benzene rings is 1. The predicted molar refractivity (Wildman–Crippen MR) is 85.2 cm³/mol. The van der Waals surface area contributed by atoms with Gasteiger partial charge in [-0.2, -0.15) is 0 Å². The lowest BCUT2D eigenvalue weighted by Gasteiger charge is -2.30. The third-order valence-electron chi connectivity index (χ3n) is 4.53. The number of rotatable bonds is 5. The molecule has 1 saturated heterocycles. The van der Waals surface area contributed by atoms with Crippen LogP contribution in [0.2, 0.25) is 0 Å². The third kappa shape index (κ3) is 3.24. The van der Waals surface area contributed by atoms with Crippen LogP contribution >= 0.6 is 0 Å². The van der Waals surface area contributed by atoms with E-state index in [1.54, 1.807) is 0 Å². The maximum absolute atomic E-state index is 5.81. The van der Waals surface area contributed by atoms with Crippen molar-refractivity contribution < 1.29 is 4.74 Å². The molecule has 1 aromatic carbocycles. The van der Waals surface area contributed by atoms with E-state index in [1.165, 1.54) is 28.7 Å². The van der Waals surface area contributed by atoms with Gasteiger partial charge in [-0.3, -0.25) is 0 Å². The van der Waals surface area contributed by atoms with Crippen molar-refractivity contribution in [1.82, 2.24) is 5.32 Å². The van der Waals surface area contributed by atoms with Crippen molar-refractivity contribution >= 4 is 0 Å². The van der Waals surface area contributed by atoms with E-state index in [2.05, 4.69) is 52.1 Å². The van der Waals surface area contributed by atoms with Crippen LogP contribution in [0.25, 0.3) is 0 Å². The smallest absolute Gasteiger partial charge is 0.0594 e. The standard InChI is InChI=1S/C18H29NO/c1-6-8-19-18(16-7-9-20-15(16)5)17-13(3)10-12(2)11-14(17)4/h10-11,15-16,18-19H,6-9H2,1-5H3. The Kier molecular flexibility index (Phi) is 5.22. The van der Waals surface area contributed by atoms with Crippen molar-refractivity contribution in [2.75, 3.05) is 13.2 Å². The zero-order chi connectivity index (χ0) is 14.7. The maximum atomic E-state index is 5.81. The van der Waals surface area contributed by atoms with Gasteiger partial charge in [-0.1, -0.05) is 24.6 Å². The monoisotopic (exact) mass is 275 g/mol. The summed E-state index contributed by atoms with van der Waals surface area (Å²) in [6, 6.07) is 5.04. The Morgan fingerprint density at radius 3 is 2.40 bits per heavy atom. The van der Waals surface area contributed by atoms with Crippen molar-refractivity contribution in [2.45, 2.75) is 59.6 Å². The third-order valence-corrected chi connectivity index (χ3v) is 4.53. The molecule has 0 radical (unpaired) electrons. The summed E-state index contributed by atoms with van der Waals surface area (Å²) in [7, 11) is 0. The topological polar surface area (TPSA) is 21.3 Å². The highest BCUT2D eigenvalue weighted by Crippen LogP contribution is 2.36. The molecule has 0 aromatic heterocycles. The lowest BCUT2D eigenvalue weighted by molar-refractivity contribution is 0.0952. The summed E-state index contributed by atoms with van der Waals surface area (Å²) in [5, 5.41) is 3.78. The van der Waals surface area contributed by atoms with Crippen LogP contribution < -0.4 is 5.32 Å². The Bertz CT molecular complexity index is 432. The van der Waals surface area contributed by atoms with E-state index in [9.17, 15) is 0 Å². The molecule has 2 heteroatoms. The Balaban J connectivity index is 2.35. The van der Waals surface area contributed by atoms with E-state index < -0.39 is 0 Å². The molecule has 1 fully saturated rings. The number of nitrogens with one attached hydrogen (secondary N) is 1. The van der Waals surface area contributed by atoms with Gasteiger partial charge in [0.15, 0.2) is 0 Å². The number of hydrogen-bond acceptors (Lipinski definition) is 2. The van der Waals surface area contributed by atoms with Crippen molar-refractivity contribution in [2.24, 2.45) is 5.92 Å². The lowest BCUT2D eigenvalue weighted by atomic mass is 9.83. The highest BCUT2D eigenvalue weighted by Gasteiger charge is 2.33. The molecule has 2 nitrogen and oxygen atoms in total. The van der Waals surface area contributed by atoms with Gasteiger partial charge in [0.05, 0.1) is 6.10 Å². The molecule has 0 spiro atoms. The Morgan fingerprint density at radius 1 is 1.25 bits per heavy atom. The van der Waals surface area contributed by atoms with E-state index in [-0.39, 0.29) is 0 Å². The second-order valence-electron chi connectivity index (χ2n) is 6.27. The van der Waals surface area contributed by atoms with E-state index in [0.29, 0.717) is 18.1 Å². The molecule has 2 rings (SSSR count). The Hall–Kier alpha value is -0.860. The van der Waals surface area contributed by atoms with Gasteiger partial charge >= 0.3 is 0 Å². The second-order valence-corrected chi connectivity index (χ2v) is 6.27. The summed E-state index contributed by atoms with van der Waals surface area (Å²) in [6.45, 7) is 13.1. The van der Waals surface area contributed by atoms with Gasteiger partial charge in [-0.05, 0) is 63.8 Å². The van der Waals surface area contributed by atoms with E-state index in [4.69, 9.17) is 4.74 Å². The predicted octanol–water partition coefficient (Wildman–Crippen LogP) is 4.08. The average Bonchev–Trinajstić information content (AvgIpc) is 2.78. The van der Waals surface area contributed by atoms with Crippen LogP contribution in [0.3, 0.4) is 0 Å². The fourth-order valence-corrected chi connectivity index (χ4v) is 3.64. The molecule has 0 saturated carbocycles. The molecular weight excluding hydrogens is 246 g/mol.